The molecular formula is C20H25NO5S. The molecule has 0 aliphatic carbocycles. The third-order valence-electron chi connectivity index (χ3n) is 3.93. The van der Waals surface area contributed by atoms with Crippen molar-refractivity contribution in [1.29, 1.82) is 0 Å². The smallest absolute Gasteiger partial charge is 0.339 e. The van der Waals surface area contributed by atoms with Crippen molar-refractivity contribution < 1.29 is 22.1 Å². The molecule has 2 N–H and O–H groups in total. The number of benzene rings is 2. The van der Waals surface area contributed by atoms with Crippen LogP contribution < -0.4 is 9.92 Å². The predicted octanol–water partition coefficient (Wildman–Crippen LogP) is 3.15. The molecule has 2 rings (SSSR count). The molecule has 0 aromatic heterocycles. The van der Waals surface area contributed by atoms with E-state index in [1.165, 1.54) is 12.1 Å². The molecule has 146 valence electrons. The Morgan fingerprint density at radius 1 is 1.04 bits per heavy atom. The second kappa shape index (κ2) is 9.01. The Bertz CT molecular complexity index is 858. The molecule has 1 unspecified atom stereocenters. The quantitative estimate of drug-likeness (QED) is 0.549. The van der Waals surface area contributed by atoms with Crippen molar-refractivity contribution in [3.05, 3.63) is 59.7 Å². The van der Waals surface area contributed by atoms with E-state index in [0.717, 1.165) is 11.1 Å². The summed E-state index contributed by atoms with van der Waals surface area (Å²) < 4.78 is 35.0. The van der Waals surface area contributed by atoms with Gasteiger partial charge in [0.15, 0.2) is 0 Å². The molecular weight excluding hydrogens is 366 g/mol. The number of esters is 1. The highest BCUT2D eigenvalue weighted by molar-refractivity contribution is 7.87. The van der Waals surface area contributed by atoms with Crippen LogP contribution in [0.1, 0.15) is 37.3 Å². The summed E-state index contributed by atoms with van der Waals surface area (Å²) in [7, 11) is -3.90. The summed E-state index contributed by atoms with van der Waals surface area (Å²) in [5.41, 5.74) is 7.56. The van der Waals surface area contributed by atoms with Crippen LogP contribution in [0.3, 0.4) is 0 Å². The van der Waals surface area contributed by atoms with E-state index in [-0.39, 0.29) is 41.6 Å². The van der Waals surface area contributed by atoms with E-state index in [1.807, 2.05) is 6.92 Å². The van der Waals surface area contributed by atoms with Crippen LogP contribution in [-0.4, -0.2) is 27.0 Å². The van der Waals surface area contributed by atoms with Gasteiger partial charge in [0.05, 0.1) is 12.5 Å². The number of ether oxygens (including phenoxy) is 1. The topological polar surface area (TPSA) is 95.7 Å². The van der Waals surface area contributed by atoms with Gasteiger partial charge in [-0.3, -0.25) is 4.79 Å². The molecule has 0 amide bonds. The van der Waals surface area contributed by atoms with Crippen LogP contribution in [0.4, 0.5) is 0 Å². The fraction of sp³-hybridized carbons (Fsp3) is 0.350. The van der Waals surface area contributed by atoms with E-state index < -0.39 is 10.1 Å². The Morgan fingerprint density at radius 3 is 2.15 bits per heavy atom. The molecule has 0 heterocycles. The van der Waals surface area contributed by atoms with Crippen molar-refractivity contribution >= 4 is 16.1 Å². The average molecular weight is 391 g/mol. The standard InChI is InChI=1S/C20H25NO5S/c1-14(2)25-20(22)12-17(13-21)16-6-8-18(9-7-16)26-27(23,24)19-10-4-15(3)5-11-19/h4-11,14,17H,12-13,21H2,1-3H3. The maximum atomic E-state index is 12.3. The highest BCUT2D eigenvalue weighted by Crippen LogP contribution is 2.24. The maximum Gasteiger partial charge on any atom is 0.339 e. The van der Waals surface area contributed by atoms with Gasteiger partial charge in [0.2, 0.25) is 0 Å². The first kappa shape index (κ1) is 20.9. The van der Waals surface area contributed by atoms with E-state index in [2.05, 4.69) is 0 Å². The number of hydrogen-bond acceptors (Lipinski definition) is 6. The molecule has 6 nitrogen and oxygen atoms in total. The molecule has 7 heteroatoms. The Morgan fingerprint density at radius 2 is 1.63 bits per heavy atom. The molecule has 0 radical (unpaired) electrons. The molecule has 0 saturated heterocycles. The van der Waals surface area contributed by atoms with Crippen LogP contribution in [0.5, 0.6) is 5.75 Å². The molecule has 0 aliphatic rings. The van der Waals surface area contributed by atoms with Crippen molar-refractivity contribution in [3.63, 3.8) is 0 Å². The number of carbonyl (C=O) groups excluding carboxylic acids is 1. The van der Waals surface area contributed by atoms with Crippen molar-refractivity contribution in [1.82, 2.24) is 0 Å². The summed E-state index contributed by atoms with van der Waals surface area (Å²) in [6.07, 6.45) is -0.0185. The van der Waals surface area contributed by atoms with Crippen LogP contribution in [-0.2, 0) is 19.6 Å². The normalized spacial score (nSPS) is 12.6. The van der Waals surface area contributed by atoms with Crippen LogP contribution in [0.25, 0.3) is 0 Å². The van der Waals surface area contributed by atoms with Gasteiger partial charge in [-0.25, -0.2) is 0 Å². The maximum absolute atomic E-state index is 12.3. The molecule has 0 bridgehead atoms. The molecule has 0 saturated carbocycles. The van der Waals surface area contributed by atoms with Crippen molar-refractivity contribution in [2.24, 2.45) is 5.73 Å². The van der Waals surface area contributed by atoms with Crippen molar-refractivity contribution in [2.75, 3.05) is 6.54 Å². The zero-order valence-electron chi connectivity index (χ0n) is 15.7. The SMILES string of the molecule is Cc1ccc(S(=O)(=O)Oc2ccc(C(CN)CC(=O)OC(C)C)cc2)cc1. The summed E-state index contributed by atoms with van der Waals surface area (Å²) in [4.78, 5) is 11.9. The lowest BCUT2D eigenvalue weighted by Gasteiger charge is -2.16. The Hall–Kier alpha value is -2.38. The van der Waals surface area contributed by atoms with Gasteiger partial charge in [0, 0.05) is 5.92 Å². The summed E-state index contributed by atoms with van der Waals surface area (Å²) in [5.74, 6) is -0.332. The van der Waals surface area contributed by atoms with Crippen LogP contribution in [0.2, 0.25) is 0 Å². The van der Waals surface area contributed by atoms with Crippen LogP contribution in [0, 0.1) is 6.92 Å². The first-order valence-corrected chi connectivity index (χ1v) is 10.1. The number of hydrogen-bond donors (Lipinski definition) is 1. The van der Waals surface area contributed by atoms with Gasteiger partial charge in [0.25, 0.3) is 0 Å². The van der Waals surface area contributed by atoms with E-state index >= 15 is 0 Å². The number of aryl methyl sites for hydroxylation is 1. The van der Waals surface area contributed by atoms with E-state index in [1.54, 1.807) is 50.2 Å². The molecule has 2 aromatic rings. The predicted molar refractivity (Wildman–Crippen MR) is 103 cm³/mol. The second-order valence-electron chi connectivity index (χ2n) is 6.59. The largest absolute Gasteiger partial charge is 0.463 e. The average Bonchev–Trinajstić information content (AvgIpc) is 2.60. The number of nitrogens with two attached hydrogens (primary N) is 1. The third kappa shape index (κ3) is 6.08. The molecule has 2 aromatic carbocycles. The Kier molecular flexibility index (Phi) is 6.98. The fourth-order valence-corrected chi connectivity index (χ4v) is 3.45. The summed E-state index contributed by atoms with van der Waals surface area (Å²) in [5, 5.41) is 0. The minimum Gasteiger partial charge on any atom is -0.463 e. The molecule has 27 heavy (non-hydrogen) atoms. The van der Waals surface area contributed by atoms with E-state index in [4.69, 9.17) is 14.7 Å². The Labute approximate surface area is 160 Å². The van der Waals surface area contributed by atoms with E-state index in [9.17, 15) is 13.2 Å². The first-order valence-electron chi connectivity index (χ1n) is 8.72. The Balaban J connectivity index is 2.09. The van der Waals surface area contributed by atoms with Gasteiger partial charge in [-0.2, -0.15) is 8.42 Å². The van der Waals surface area contributed by atoms with Gasteiger partial charge in [-0.05, 0) is 57.1 Å². The third-order valence-corrected chi connectivity index (χ3v) is 5.19. The second-order valence-corrected chi connectivity index (χ2v) is 8.14. The lowest BCUT2D eigenvalue weighted by Crippen LogP contribution is -2.20. The zero-order chi connectivity index (χ0) is 20.0. The van der Waals surface area contributed by atoms with Gasteiger partial charge >= 0.3 is 16.1 Å². The molecule has 1 atom stereocenters. The van der Waals surface area contributed by atoms with Gasteiger partial charge in [-0.1, -0.05) is 29.8 Å². The lowest BCUT2D eigenvalue weighted by molar-refractivity contribution is -0.147. The van der Waals surface area contributed by atoms with Crippen molar-refractivity contribution in [3.8, 4) is 5.75 Å². The minimum atomic E-state index is -3.90. The first-order chi connectivity index (χ1) is 12.7. The zero-order valence-corrected chi connectivity index (χ0v) is 16.5. The highest BCUT2D eigenvalue weighted by atomic mass is 32.2. The monoisotopic (exact) mass is 391 g/mol. The van der Waals surface area contributed by atoms with Crippen LogP contribution in [0.15, 0.2) is 53.4 Å². The fourth-order valence-electron chi connectivity index (χ4n) is 2.52. The molecule has 0 aliphatic heterocycles. The summed E-state index contributed by atoms with van der Waals surface area (Å²) >= 11 is 0. The minimum absolute atomic E-state index is 0.0912. The van der Waals surface area contributed by atoms with Gasteiger partial charge in [-0.15, -0.1) is 0 Å². The molecule has 0 fully saturated rings. The van der Waals surface area contributed by atoms with Gasteiger partial charge in [0.1, 0.15) is 10.6 Å². The summed E-state index contributed by atoms with van der Waals surface area (Å²) in [6, 6.07) is 13.0. The van der Waals surface area contributed by atoms with Crippen LogP contribution >= 0.6 is 0 Å². The van der Waals surface area contributed by atoms with Gasteiger partial charge < -0.3 is 14.7 Å². The molecule has 0 spiro atoms. The lowest BCUT2D eigenvalue weighted by atomic mass is 9.96. The van der Waals surface area contributed by atoms with E-state index in [0.29, 0.717) is 0 Å². The van der Waals surface area contributed by atoms with Crippen molar-refractivity contribution in [2.45, 2.75) is 44.1 Å². The number of rotatable bonds is 8. The number of carbonyl (C=O) groups is 1. The summed E-state index contributed by atoms with van der Waals surface area (Å²) in [6.45, 7) is 5.72. The highest BCUT2D eigenvalue weighted by Gasteiger charge is 2.19.